The first-order chi connectivity index (χ1) is 12.0. The van der Waals surface area contributed by atoms with Gasteiger partial charge in [-0.2, -0.15) is 0 Å². The van der Waals surface area contributed by atoms with E-state index in [1.54, 1.807) is 6.07 Å². The first-order valence-corrected chi connectivity index (χ1v) is 8.28. The van der Waals surface area contributed by atoms with Gasteiger partial charge in [-0.05, 0) is 49.2 Å². The molecule has 10 nitrogen and oxygen atoms in total. The lowest BCUT2D eigenvalue weighted by Crippen LogP contribution is -2.47. The van der Waals surface area contributed by atoms with Gasteiger partial charge in [-0.25, -0.2) is 0 Å². The molecule has 0 bridgehead atoms. The summed E-state index contributed by atoms with van der Waals surface area (Å²) in [6.07, 6.45) is 1.33. The van der Waals surface area contributed by atoms with Crippen molar-refractivity contribution in [2.45, 2.75) is 32.7 Å². The van der Waals surface area contributed by atoms with Crippen LogP contribution in [0.4, 0.5) is 5.82 Å². The number of nitrogens with zero attached hydrogens (tertiary/aromatic N) is 7. The van der Waals surface area contributed by atoms with Gasteiger partial charge < -0.3 is 14.9 Å². The summed E-state index contributed by atoms with van der Waals surface area (Å²) in [6, 6.07) is 3.52. The minimum atomic E-state index is -0.988. The molecule has 1 aliphatic heterocycles. The van der Waals surface area contributed by atoms with Crippen molar-refractivity contribution < 1.29 is 14.7 Å². The van der Waals surface area contributed by atoms with Crippen LogP contribution in [-0.4, -0.2) is 72.8 Å². The number of carbonyl (C=O) groups excluding carboxylic acids is 1. The third kappa shape index (κ3) is 3.67. The molecule has 0 radical (unpaired) electrons. The van der Waals surface area contributed by atoms with Gasteiger partial charge in [-0.1, -0.05) is 0 Å². The largest absolute Gasteiger partial charge is 0.480 e. The van der Waals surface area contributed by atoms with Gasteiger partial charge >= 0.3 is 5.97 Å². The van der Waals surface area contributed by atoms with Gasteiger partial charge in [0.1, 0.15) is 6.54 Å². The molecule has 1 N–H and O–H groups in total. The highest BCUT2D eigenvalue weighted by Gasteiger charge is 2.31. The van der Waals surface area contributed by atoms with E-state index in [4.69, 9.17) is 5.11 Å². The highest BCUT2D eigenvalue weighted by Crippen LogP contribution is 2.24. The number of rotatable bonds is 5. The fourth-order valence-corrected chi connectivity index (χ4v) is 3.06. The molecule has 0 spiro atoms. The number of fused-ring (bicyclic) bond motifs is 1. The molecule has 2 aromatic rings. The van der Waals surface area contributed by atoms with Crippen molar-refractivity contribution in [3.8, 4) is 0 Å². The van der Waals surface area contributed by atoms with Crippen molar-refractivity contribution in [3.05, 3.63) is 12.1 Å². The average molecular weight is 347 g/mol. The minimum Gasteiger partial charge on any atom is -0.480 e. The van der Waals surface area contributed by atoms with E-state index in [0.29, 0.717) is 31.6 Å². The monoisotopic (exact) mass is 347 g/mol. The normalized spacial score (nSPS) is 15.7. The van der Waals surface area contributed by atoms with Crippen LogP contribution in [0.25, 0.3) is 5.65 Å². The van der Waals surface area contributed by atoms with E-state index in [1.807, 2.05) is 19.9 Å². The number of hydrogen-bond acceptors (Lipinski definition) is 7. The third-order valence-corrected chi connectivity index (χ3v) is 4.44. The predicted molar refractivity (Wildman–Crippen MR) is 88.0 cm³/mol. The lowest BCUT2D eigenvalue weighted by Gasteiger charge is -2.35. The maximum atomic E-state index is 12.7. The molecule has 134 valence electrons. The number of hydrogen-bond donors (Lipinski definition) is 1. The number of aliphatic carboxylic acids is 1. The van der Waals surface area contributed by atoms with Gasteiger partial charge in [0.2, 0.25) is 5.91 Å². The highest BCUT2D eigenvalue weighted by molar-refractivity contribution is 5.83. The van der Waals surface area contributed by atoms with Gasteiger partial charge in [0.25, 0.3) is 0 Å². The maximum Gasteiger partial charge on any atom is 0.323 e. The van der Waals surface area contributed by atoms with E-state index < -0.39 is 5.97 Å². The molecule has 3 rings (SSSR count). The molecule has 0 unspecified atom stereocenters. The van der Waals surface area contributed by atoms with E-state index in [0.717, 1.165) is 5.82 Å². The Morgan fingerprint density at radius 3 is 2.68 bits per heavy atom. The van der Waals surface area contributed by atoms with E-state index in [9.17, 15) is 9.59 Å². The summed E-state index contributed by atoms with van der Waals surface area (Å²) >= 11 is 0. The molecule has 0 atom stereocenters. The van der Waals surface area contributed by atoms with Crippen molar-refractivity contribution in [1.29, 1.82) is 0 Å². The Bertz CT molecular complexity index is 767. The standard InChI is InChI=1S/C15H21N7O3/c1-10(2)21(9-14(23)24)15(25)11-5-7-20(8-6-11)13-4-3-12-16-18-19-22(12)17-13/h3-4,10-11H,5-9H2,1-2H3,(H,23,24). The molecule has 10 heteroatoms. The van der Waals surface area contributed by atoms with Crippen LogP contribution >= 0.6 is 0 Å². The summed E-state index contributed by atoms with van der Waals surface area (Å²) in [6.45, 7) is 4.77. The zero-order chi connectivity index (χ0) is 18.0. The Morgan fingerprint density at radius 1 is 1.32 bits per heavy atom. The second-order valence-electron chi connectivity index (χ2n) is 6.43. The number of amides is 1. The fourth-order valence-electron chi connectivity index (χ4n) is 3.06. The Balaban J connectivity index is 1.64. The third-order valence-electron chi connectivity index (χ3n) is 4.44. The zero-order valence-corrected chi connectivity index (χ0v) is 14.2. The molecule has 1 saturated heterocycles. The molecule has 1 aliphatic rings. The Kier molecular flexibility index (Phi) is 4.77. The number of carbonyl (C=O) groups is 2. The lowest BCUT2D eigenvalue weighted by atomic mass is 9.94. The van der Waals surface area contributed by atoms with Crippen LogP contribution < -0.4 is 4.90 Å². The topological polar surface area (TPSA) is 117 Å². The first kappa shape index (κ1) is 17.1. The van der Waals surface area contributed by atoms with Crippen LogP contribution in [0.2, 0.25) is 0 Å². The number of carboxylic acids is 1. The number of carboxylic acid groups (broad SMARTS) is 1. The molecule has 0 saturated carbocycles. The molecule has 25 heavy (non-hydrogen) atoms. The van der Waals surface area contributed by atoms with Crippen LogP contribution in [-0.2, 0) is 9.59 Å². The maximum absolute atomic E-state index is 12.7. The van der Waals surface area contributed by atoms with Crippen LogP contribution in [0.5, 0.6) is 0 Å². The van der Waals surface area contributed by atoms with Gasteiger partial charge in [-0.3, -0.25) is 9.59 Å². The van der Waals surface area contributed by atoms with Crippen LogP contribution in [0, 0.1) is 5.92 Å². The number of anilines is 1. The molecular formula is C15H21N7O3. The van der Waals surface area contributed by atoms with E-state index in [-0.39, 0.29) is 24.4 Å². The van der Waals surface area contributed by atoms with Crippen molar-refractivity contribution in [2.75, 3.05) is 24.5 Å². The van der Waals surface area contributed by atoms with Gasteiger partial charge in [0, 0.05) is 25.0 Å². The fraction of sp³-hybridized carbons (Fsp3) is 0.600. The summed E-state index contributed by atoms with van der Waals surface area (Å²) in [5.41, 5.74) is 0.579. The van der Waals surface area contributed by atoms with Gasteiger partial charge in [0.15, 0.2) is 11.5 Å². The lowest BCUT2D eigenvalue weighted by molar-refractivity contribution is -0.148. The molecule has 1 fully saturated rings. The minimum absolute atomic E-state index is 0.0825. The second kappa shape index (κ2) is 6.99. The molecule has 0 aliphatic carbocycles. The molecule has 1 amide bonds. The van der Waals surface area contributed by atoms with Crippen LogP contribution in [0.1, 0.15) is 26.7 Å². The zero-order valence-electron chi connectivity index (χ0n) is 14.2. The average Bonchev–Trinajstić information content (AvgIpc) is 3.06. The SMILES string of the molecule is CC(C)N(CC(=O)O)C(=O)C1CCN(c2ccc3nnnn3n2)CC1. The Labute approximate surface area is 144 Å². The van der Waals surface area contributed by atoms with E-state index in [2.05, 4.69) is 25.5 Å². The Morgan fingerprint density at radius 2 is 2.04 bits per heavy atom. The summed E-state index contributed by atoms with van der Waals surface area (Å²) in [5, 5.41) is 24.6. The van der Waals surface area contributed by atoms with Crippen LogP contribution in [0.3, 0.4) is 0 Å². The van der Waals surface area contributed by atoms with Crippen molar-refractivity contribution >= 4 is 23.3 Å². The first-order valence-electron chi connectivity index (χ1n) is 8.28. The number of aromatic nitrogens is 5. The summed E-state index contributed by atoms with van der Waals surface area (Å²) in [5.74, 6) is -0.467. The Hall–Kier alpha value is -2.78. The highest BCUT2D eigenvalue weighted by atomic mass is 16.4. The van der Waals surface area contributed by atoms with Crippen molar-refractivity contribution in [2.24, 2.45) is 5.92 Å². The number of tetrazole rings is 1. The second-order valence-corrected chi connectivity index (χ2v) is 6.43. The van der Waals surface area contributed by atoms with Gasteiger partial charge in [-0.15, -0.1) is 14.8 Å². The van der Waals surface area contributed by atoms with Gasteiger partial charge in [0.05, 0.1) is 0 Å². The number of piperidine rings is 1. The van der Waals surface area contributed by atoms with Crippen molar-refractivity contribution in [3.63, 3.8) is 0 Å². The van der Waals surface area contributed by atoms with Crippen molar-refractivity contribution in [1.82, 2.24) is 30.2 Å². The predicted octanol–water partition coefficient (Wildman–Crippen LogP) is 0.0573. The summed E-state index contributed by atoms with van der Waals surface area (Å²) < 4.78 is 1.37. The molecule has 0 aromatic carbocycles. The van der Waals surface area contributed by atoms with Crippen LogP contribution in [0.15, 0.2) is 12.1 Å². The molecular weight excluding hydrogens is 326 g/mol. The summed E-state index contributed by atoms with van der Waals surface area (Å²) in [7, 11) is 0. The van der Waals surface area contributed by atoms with E-state index >= 15 is 0 Å². The van der Waals surface area contributed by atoms with E-state index in [1.165, 1.54) is 9.53 Å². The smallest absolute Gasteiger partial charge is 0.323 e. The molecule has 3 heterocycles. The quantitative estimate of drug-likeness (QED) is 0.807. The molecule has 2 aromatic heterocycles. The summed E-state index contributed by atoms with van der Waals surface area (Å²) in [4.78, 5) is 27.2.